The second-order valence-corrected chi connectivity index (χ2v) is 4.90. The minimum Gasteiger partial charge on any atom is -0.373 e. The van der Waals surface area contributed by atoms with Crippen LogP contribution >= 0.6 is 0 Å². The summed E-state index contributed by atoms with van der Waals surface area (Å²) in [6.07, 6.45) is 4.12. The van der Waals surface area contributed by atoms with Crippen LogP contribution in [-0.4, -0.2) is 30.6 Å². The third-order valence-electron chi connectivity index (χ3n) is 2.05. The largest absolute Gasteiger partial charge is 0.373 e. The highest BCUT2D eigenvalue weighted by Crippen LogP contribution is 2.14. The number of pyridine rings is 1. The molecule has 3 N–H and O–H groups in total. The Kier molecular flexibility index (Phi) is 2.96. The molecule has 0 spiro atoms. The molecular formula is C9H11N5O2S. The third kappa shape index (κ3) is 2.53. The number of anilines is 2. The molecule has 2 heterocycles. The third-order valence-corrected chi connectivity index (χ3v) is 3.42. The lowest BCUT2D eigenvalue weighted by atomic mass is 10.5. The molecule has 0 amide bonds. The Morgan fingerprint density at radius 3 is 2.65 bits per heavy atom. The van der Waals surface area contributed by atoms with Gasteiger partial charge >= 0.3 is 0 Å². The van der Waals surface area contributed by atoms with Crippen molar-refractivity contribution < 1.29 is 8.42 Å². The molecule has 2 rings (SSSR count). The van der Waals surface area contributed by atoms with Crippen LogP contribution in [0.15, 0.2) is 35.6 Å². The van der Waals surface area contributed by atoms with E-state index in [0.717, 1.165) is 0 Å². The maximum absolute atomic E-state index is 11.9. The molecule has 0 aliphatic carbocycles. The molecule has 0 saturated carbocycles. The maximum atomic E-state index is 11.9. The monoisotopic (exact) mass is 253 g/mol. The van der Waals surface area contributed by atoms with Gasteiger partial charge in [-0.3, -0.25) is 9.82 Å². The summed E-state index contributed by atoms with van der Waals surface area (Å²) in [5.41, 5.74) is 0.377. The van der Waals surface area contributed by atoms with Crippen LogP contribution in [0.3, 0.4) is 0 Å². The molecule has 2 aromatic rings. The zero-order valence-corrected chi connectivity index (χ0v) is 9.82. The van der Waals surface area contributed by atoms with Gasteiger partial charge in [0, 0.05) is 19.4 Å². The summed E-state index contributed by atoms with van der Waals surface area (Å²) < 4.78 is 26.1. The molecule has 0 aromatic carbocycles. The Morgan fingerprint density at radius 1 is 1.29 bits per heavy atom. The smallest absolute Gasteiger partial charge is 0.263 e. The van der Waals surface area contributed by atoms with E-state index in [9.17, 15) is 8.42 Å². The van der Waals surface area contributed by atoms with E-state index in [0.29, 0.717) is 11.5 Å². The van der Waals surface area contributed by atoms with Crippen molar-refractivity contribution in [3.63, 3.8) is 0 Å². The van der Waals surface area contributed by atoms with Gasteiger partial charge in [0.05, 0.1) is 11.9 Å². The van der Waals surface area contributed by atoms with Crippen LogP contribution in [0, 0.1) is 0 Å². The second kappa shape index (κ2) is 4.42. The zero-order valence-electron chi connectivity index (χ0n) is 9.01. The van der Waals surface area contributed by atoms with Gasteiger partial charge in [0.1, 0.15) is 10.7 Å². The van der Waals surface area contributed by atoms with Gasteiger partial charge in [0.25, 0.3) is 10.0 Å². The first-order chi connectivity index (χ1) is 8.12. The summed E-state index contributed by atoms with van der Waals surface area (Å²) in [5.74, 6) is 0.604. The van der Waals surface area contributed by atoms with Gasteiger partial charge in [-0.25, -0.2) is 13.4 Å². The van der Waals surface area contributed by atoms with Crippen LogP contribution in [0.1, 0.15) is 0 Å². The van der Waals surface area contributed by atoms with Crippen molar-refractivity contribution >= 4 is 21.5 Å². The van der Waals surface area contributed by atoms with E-state index in [-0.39, 0.29) is 4.90 Å². The topological polar surface area (TPSA) is 99.8 Å². The standard InChI is InChI=1S/C9H11N5O2S/c1-10-9-3-2-8(6-11-9)17(15,16)14-7-4-12-13-5-7/h2-6,14H,1H3,(H,10,11)(H,12,13). The van der Waals surface area contributed by atoms with Crippen LogP contribution < -0.4 is 10.0 Å². The minimum atomic E-state index is -3.61. The van der Waals surface area contributed by atoms with E-state index in [1.807, 2.05) is 0 Å². The number of sulfonamides is 1. The van der Waals surface area contributed by atoms with Crippen molar-refractivity contribution in [3.8, 4) is 0 Å². The molecule has 0 aliphatic rings. The molecule has 0 bridgehead atoms. The van der Waals surface area contributed by atoms with Gasteiger partial charge < -0.3 is 5.32 Å². The predicted molar refractivity (Wildman–Crippen MR) is 63.2 cm³/mol. The normalized spacial score (nSPS) is 11.1. The van der Waals surface area contributed by atoms with E-state index in [4.69, 9.17) is 0 Å². The molecule has 0 radical (unpaired) electrons. The quantitative estimate of drug-likeness (QED) is 0.742. The Labute approximate surface area is 98.3 Å². The molecule has 90 valence electrons. The number of nitrogens with one attached hydrogen (secondary N) is 3. The highest BCUT2D eigenvalue weighted by Gasteiger charge is 2.14. The molecular weight excluding hydrogens is 242 g/mol. The van der Waals surface area contributed by atoms with Crippen molar-refractivity contribution in [2.75, 3.05) is 17.1 Å². The summed E-state index contributed by atoms with van der Waals surface area (Å²) in [7, 11) is -1.90. The van der Waals surface area contributed by atoms with Crippen molar-refractivity contribution in [3.05, 3.63) is 30.7 Å². The molecule has 2 aromatic heterocycles. The summed E-state index contributed by atoms with van der Waals surface area (Å²) in [6.45, 7) is 0. The van der Waals surface area contributed by atoms with Gasteiger partial charge in [0.2, 0.25) is 0 Å². The number of nitrogens with zero attached hydrogens (tertiary/aromatic N) is 2. The van der Waals surface area contributed by atoms with Gasteiger partial charge in [-0.2, -0.15) is 5.10 Å². The van der Waals surface area contributed by atoms with Crippen molar-refractivity contribution in [2.45, 2.75) is 4.90 Å². The van der Waals surface area contributed by atoms with Crippen LogP contribution in [0.25, 0.3) is 0 Å². The lowest BCUT2D eigenvalue weighted by Gasteiger charge is -2.05. The summed E-state index contributed by atoms with van der Waals surface area (Å²) in [4.78, 5) is 4.03. The predicted octanol–water partition coefficient (Wildman–Crippen LogP) is 0.647. The number of aromatic amines is 1. The fourth-order valence-electron chi connectivity index (χ4n) is 1.21. The van der Waals surface area contributed by atoms with Crippen LogP contribution in [0.5, 0.6) is 0 Å². The van der Waals surface area contributed by atoms with Crippen molar-refractivity contribution in [1.29, 1.82) is 0 Å². The molecule has 0 saturated heterocycles. The minimum absolute atomic E-state index is 0.0951. The summed E-state index contributed by atoms with van der Waals surface area (Å²) in [5, 5.41) is 8.98. The van der Waals surface area contributed by atoms with E-state index in [1.165, 1.54) is 24.7 Å². The Morgan fingerprint density at radius 2 is 2.12 bits per heavy atom. The highest BCUT2D eigenvalue weighted by molar-refractivity contribution is 7.92. The van der Waals surface area contributed by atoms with E-state index in [2.05, 4.69) is 25.2 Å². The van der Waals surface area contributed by atoms with E-state index in [1.54, 1.807) is 13.1 Å². The first-order valence-electron chi connectivity index (χ1n) is 4.77. The molecule has 0 fully saturated rings. The number of hydrogen-bond acceptors (Lipinski definition) is 5. The maximum Gasteiger partial charge on any atom is 0.263 e. The Hall–Kier alpha value is -2.09. The summed E-state index contributed by atoms with van der Waals surface area (Å²) in [6, 6.07) is 3.06. The number of aromatic nitrogens is 3. The average Bonchev–Trinajstić information content (AvgIpc) is 2.81. The molecule has 0 atom stereocenters. The number of rotatable bonds is 4. The average molecular weight is 253 g/mol. The Bertz CT molecular complexity index is 576. The number of H-pyrrole nitrogens is 1. The molecule has 0 unspecified atom stereocenters. The Balaban J connectivity index is 2.25. The number of hydrogen-bond donors (Lipinski definition) is 3. The van der Waals surface area contributed by atoms with Crippen molar-refractivity contribution in [2.24, 2.45) is 0 Å². The molecule has 8 heteroatoms. The summed E-state index contributed by atoms with van der Waals surface area (Å²) >= 11 is 0. The van der Waals surface area contributed by atoms with Gasteiger partial charge in [-0.1, -0.05) is 0 Å². The SMILES string of the molecule is CNc1ccc(S(=O)(=O)Nc2cn[nH]c2)cn1. The van der Waals surface area contributed by atoms with E-state index < -0.39 is 10.0 Å². The molecule has 17 heavy (non-hydrogen) atoms. The van der Waals surface area contributed by atoms with Gasteiger partial charge in [-0.05, 0) is 12.1 Å². The lowest BCUT2D eigenvalue weighted by Crippen LogP contribution is -2.12. The first kappa shape index (κ1) is 11.4. The molecule has 0 aliphatic heterocycles. The molecule has 7 nitrogen and oxygen atoms in total. The fourth-order valence-corrected chi connectivity index (χ4v) is 2.19. The van der Waals surface area contributed by atoms with Crippen LogP contribution in [-0.2, 0) is 10.0 Å². The zero-order chi connectivity index (χ0) is 12.3. The first-order valence-corrected chi connectivity index (χ1v) is 6.25. The van der Waals surface area contributed by atoms with Crippen LogP contribution in [0.4, 0.5) is 11.5 Å². The van der Waals surface area contributed by atoms with Gasteiger partial charge in [-0.15, -0.1) is 0 Å². The highest BCUT2D eigenvalue weighted by atomic mass is 32.2. The fraction of sp³-hybridized carbons (Fsp3) is 0.111. The van der Waals surface area contributed by atoms with E-state index >= 15 is 0 Å². The van der Waals surface area contributed by atoms with Gasteiger partial charge in [0.15, 0.2) is 0 Å². The van der Waals surface area contributed by atoms with Crippen LogP contribution in [0.2, 0.25) is 0 Å². The lowest BCUT2D eigenvalue weighted by molar-refractivity contribution is 0.601. The second-order valence-electron chi connectivity index (χ2n) is 3.22. The van der Waals surface area contributed by atoms with Crippen molar-refractivity contribution in [1.82, 2.24) is 15.2 Å².